The maximum atomic E-state index is 11.9. The van der Waals surface area contributed by atoms with Crippen molar-refractivity contribution in [1.82, 2.24) is 5.43 Å². The molecule has 6 nitrogen and oxygen atoms in total. The van der Waals surface area contributed by atoms with Crippen molar-refractivity contribution >= 4 is 44.0 Å². The van der Waals surface area contributed by atoms with Crippen LogP contribution in [0.25, 0.3) is 0 Å². The van der Waals surface area contributed by atoms with Gasteiger partial charge in [-0.15, -0.1) is 0 Å². The molecule has 1 N–H and O–H groups in total. The van der Waals surface area contributed by atoms with Gasteiger partial charge in [0, 0.05) is 14.5 Å². The Morgan fingerprint density at radius 1 is 1.00 bits per heavy atom. The molecular weight excluding hydrogens is 528 g/mol. The zero-order valence-electron chi connectivity index (χ0n) is 16.7. The van der Waals surface area contributed by atoms with Gasteiger partial charge in [0.05, 0.1) is 13.3 Å². The summed E-state index contributed by atoms with van der Waals surface area (Å²) in [5.41, 5.74) is 4.31. The molecule has 0 aliphatic rings. The standard InChI is InChI=1S/C23H20Br2N2O4/c1-29-21-4-2-3-5-22(21)31-15-23(28)27-26-13-16-6-10-19(11-7-16)30-14-17-8-9-18(24)12-20(17)25/h2-13H,14-15H2,1H3,(H,27,28)/b26-13+. The van der Waals surface area contributed by atoms with Crippen LogP contribution < -0.4 is 19.6 Å². The van der Waals surface area contributed by atoms with Crippen molar-refractivity contribution in [1.29, 1.82) is 0 Å². The average Bonchev–Trinajstić information content (AvgIpc) is 2.78. The summed E-state index contributed by atoms with van der Waals surface area (Å²) in [7, 11) is 1.54. The fraction of sp³-hybridized carbons (Fsp3) is 0.130. The number of nitrogens with zero attached hydrogens (tertiary/aromatic N) is 1. The first-order chi connectivity index (χ1) is 15.0. The van der Waals surface area contributed by atoms with Gasteiger partial charge in [-0.25, -0.2) is 5.43 Å². The minimum Gasteiger partial charge on any atom is -0.493 e. The van der Waals surface area contributed by atoms with E-state index < -0.39 is 0 Å². The van der Waals surface area contributed by atoms with Gasteiger partial charge in [0.1, 0.15) is 12.4 Å². The number of hydrazone groups is 1. The number of amides is 1. The Morgan fingerprint density at radius 3 is 2.45 bits per heavy atom. The molecule has 0 unspecified atom stereocenters. The van der Waals surface area contributed by atoms with Crippen molar-refractivity contribution in [2.24, 2.45) is 5.10 Å². The summed E-state index contributed by atoms with van der Waals surface area (Å²) in [4.78, 5) is 11.9. The molecule has 0 heterocycles. The minimum absolute atomic E-state index is 0.171. The Morgan fingerprint density at radius 2 is 1.74 bits per heavy atom. The third-order valence-electron chi connectivity index (χ3n) is 4.12. The lowest BCUT2D eigenvalue weighted by Crippen LogP contribution is -2.24. The number of methoxy groups -OCH3 is 1. The number of carbonyl (C=O) groups excluding carboxylic acids is 1. The van der Waals surface area contributed by atoms with Crippen LogP contribution in [0.5, 0.6) is 17.2 Å². The Hall–Kier alpha value is -2.84. The molecule has 0 aromatic heterocycles. The monoisotopic (exact) mass is 546 g/mol. The number of benzene rings is 3. The Balaban J connectivity index is 1.45. The van der Waals surface area contributed by atoms with Gasteiger partial charge < -0.3 is 14.2 Å². The van der Waals surface area contributed by atoms with Gasteiger partial charge in [0.15, 0.2) is 18.1 Å². The van der Waals surface area contributed by atoms with Crippen molar-refractivity contribution < 1.29 is 19.0 Å². The van der Waals surface area contributed by atoms with Crippen molar-refractivity contribution in [3.8, 4) is 17.2 Å². The van der Waals surface area contributed by atoms with Gasteiger partial charge in [-0.3, -0.25) is 4.79 Å². The first-order valence-electron chi connectivity index (χ1n) is 9.29. The van der Waals surface area contributed by atoms with Gasteiger partial charge in [0.25, 0.3) is 5.91 Å². The van der Waals surface area contributed by atoms with E-state index in [1.165, 1.54) is 0 Å². The van der Waals surface area contributed by atoms with Crippen LogP contribution in [0.2, 0.25) is 0 Å². The molecule has 0 bridgehead atoms. The van der Waals surface area contributed by atoms with E-state index in [0.29, 0.717) is 18.1 Å². The van der Waals surface area contributed by atoms with E-state index in [4.69, 9.17) is 14.2 Å². The highest BCUT2D eigenvalue weighted by molar-refractivity contribution is 9.11. The van der Waals surface area contributed by atoms with Crippen molar-refractivity contribution in [2.45, 2.75) is 6.61 Å². The zero-order valence-corrected chi connectivity index (χ0v) is 19.9. The number of rotatable bonds is 9. The van der Waals surface area contributed by atoms with Gasteiger partial charge in [-0.1, -0.05) is 50.1 Å². The lowest BCUT2D eigenvalue weighted by atomic mass is 10.2. The van der Waals surface area contributed by atoms with Crippen LogP contribution in [0.3, 0.4) is 0 Å². The van der Waals surface area contributed by atoms with Crippen LogP contribution in [0.1, 0.15) is 11.1 Å². The van der Waals surface area contributed by atoms with Crippen molar-refractivity contribution in [2.75, 3.05) is 13.7 Å². The maximum absolute atomic E-state index is 11.9. The van der Waals surface area contributed by atoms with E-state index >= 15 is 0 Å². The molecule has 3 rings (SSSR count). The van der Waals surface area contributed by atoms with Crippen molar-refractivity contribution in [3.05, 3.63) is 86.8 Å². The molecule has 0 atom stereocenters. The highest BCUT2D eigenvalue weighted by Gasteiger charge is 2.06. The summed E-state index contributed by atoms with van der Waals surface area (Å²) in [5.74, 6) is 1.42. The lowest BCUT2D eigenvalue weighted by Gasteiger charge is -2.09. The summed E-state index contributed by atoms with van der Waals surface area (Å²) in [5, 5.41) is 3.95. The van der Waals surface area contributed by atoms with E-state index in [1.807, 2.05) is 48.5 Å². The predicted molar refractivity (Wildman–Crippen MR) is 127 cm³/mol. The largest absolute Gasteiger partial charge is 0.493 e. The number of halogens is 2. The second-order valence-corrected chi connectivity index (χ2v) is 8.10. The van der Waals surface area contributed by atoms with Crippen molar-refractivity contribution in [3.63, 3.8) is 0 Å². The Kier molecular flexibility index (Phi) is 8.49. The molecule has 0 aliphatic carbocycles. The molecular formula is C23H20Br2N2O4. The summed E-state index contributed by atoms with van der Waals surface area (Å²) in [6.45, 7) is 0.277. The number of hydrogen-bond acceptors (Lipinski definition) is 5. The topological polar surface area (TPSA) is 69.2 Å². The molecule has 160 valence electrons. The summed E-state index contributed by atoms with van der Waals surface area (Å²) >= 11 is 6.96. The molecule has 0 fully saturated rings. The van der Waals surface area contributed by atoms with E-state index in [2.05, 4.69) is 42.4 Å². The third-order valence-corrected chi connectivity index (χ3v) is 5.35. The second kappa shape index (κ2) is 11.5. The third kappa shape index (κ3) is 7.11. The number of ether oxygens (including phenoxy) is 3. The SMILES string of the molecule is COc1ccccc1OCC(=O)N/N=C/c1ccc(OCc2ccc(Br)cc2Br)cc1. The lowest BCUT2D eigenvalue weighted by molar-refractivity contribution is -0.123. The van der Waals surface area contributed by atoms with Crippen LogP contribution in [0, 0.1) is 0 Å². The molecule has 3 aromatic carbocycles. The average molecular weight is 548 g/mol. The summed E-state index contributed by atoms with van der Waals surface area (Å²) in [6.07, 6.45) is 1.55. The number of carbonyl (C=O) groups is 1. The molecule has 8 heteroatoms. The van der Waals surface area contributed by atoms with Gasteiger partial charge in [-0.2, -0.15) is 5.10 Å². The van der Waals surface area contributed by atoms with Crippen LogP contribution in [0.4, 0.5) is 0 Å². The van der Waals surface area contributed by atoms with Crippen LogP contribution in [-0.4, -0.2) is 25.8 Å². The molecule has 0 aliphatic heterocycles. The van der Waals surface area contributed by atoms with Crippen LogP contribution in [0.15, 0.2) is 80.8 Å². The molecule has 0 radical (unpaired) electrons. The molecule has 0 saturated heterocycles. The van der Waals surface area contributed by atoms with Crippen LogP contribution >= 0.6 is 31.9 Å². The number of hydrogen-bond donors (Lipinski definition) is 1. The molecule has 31 heavy (non-hydrogen) atoms. The van der Waals surface area contributed by atoms with E-state index in [9.17, 15) is 4.79 Å². The van der Waals surface area contributed by atoms with Crippen LogP contribution in [-0.2, 0) is 11.4 Å². The predicted octanol–water partition coefficient (Wildman–Crippen LogP) is 5.33. The molecule has 3 aromatic rings. The smallest absolute Gasteiger partial charge is 0.277 e. The second-order valence-electron chi connectivity index (χ2n) is 6.33. The van der Waals surface area contributed by atoms with E-state index in [0.717, 1.165) is 25.8 Å². The number of nitrogens with one attached hydrogen (secondary N) is 1. The van der Waals surface area contributed by atoms with E-state index in [-0.39, 0.29) is 12.5 Å². The first kappa shape index (κ1) is 22.8. The fourth-order valence-electron chi connectivity index (χ4n) is 2.54. The first-order valence-corrected chi connectivity index (χ1v) is 10.9. The highest BCUT2D eigenvalue weighted by Crippen LogP contribution is 2.25. The Labute approximate surface area is 197 Å². The quantitative estimate of drug-likeness (QED) is 0.290. The van der Waals surface area contributed by atoms with Gasteiger partial charge in [-0.05, 0) is 54.1 Å². The molecule has 0 saturated carbocycles. The molecule has 1 amide bonds. The zero-order chi connectivity index (χ0) is 22.1. The molecule has 0 spiro atoms. The summed E-state index contributed by atoms with van der Waals surface area (Å²) in [6, 6.07) is 20.5. The highest BCUT2D eigenvalue weighted by atomic mass is 79.9. The fourth-order valence-corrected chi connectivity index (χ4v) is 3.70. The minimum atomic E-state index is -0.373. The number of para-hydroxylation sites is 2. The normalized spacial score (nSPS) is 10.7. The van der Waals surface area contributed by atoms with E-state index in [1.54, 1.807) is 31.5 Å². The van der Waals surface area contributed by atoms with Gasteiger partial charge >= 0.3 is 0 Å². The maximum Gasteiger partial charge on any atom is 0.277 e. The van der Waals surface area contributed by atoms with Gasteiger partial charge in [0.2, 0.25) is 0 Å². The Bertz CT molecular complexity index is 1060. The summed E-state index contributed by atoms with van der Waals surface area (Å²) < 4.78 is 18.4.